The minimum atomic E-state index is -0.695. The summed E-state index contributed by atoms with van der Waals surface area (Å²) in [5, 5.41) is 2.58. The standard InChI is InChI=1S/C28H26N2O8/c1-35-23-5-3-4-6-24(23)38-22-13-11-21(12-14-22)30-16-19(15-26(30)32)28(34)37-17-25(31)29-20-9-7-18(8-10-20)27(33)36-2/h3-14,19H,15-17H2,1-2H3,(H,29,31)/t19-/m0/s1. The molecule has 4 rings (SSSR count). The van der Waals surface area contributed by atoms with Crippen molar-refractivity contribution in [2.75, 3.05) is 37.6 Å². The highest BCUT2D eigenvalue weighted by atomic mass is 16.5. The highest BCUT2D eigenvalue weighted by molar-refractivity contribution is 6.00. The number of methoxy groups -OCH3 is 2. The Morgan fingerprint density at radius 2 is 1.61 bits per heavy atom. The van der Waals surface area contributed by atoms with Crippen molar-refractivity contribution in [2.24, 2.45) is 5.92 Å². The average Bonchev–Trinajstić information content (AvgIpc) is 3.34. The molecule has 3 aromatic carbocycles. The first kappa shape index (κ1) is 26.2. The molecule has 1 N–H and O–H groups in total. The number of para-hydroxylation sites is 2. The molecule has 3 aromatic rings. The molecule has 0 spiro atoms. The molecule has 1 saturated heterocycles. The zero-order chi connectivity index (χ0) is 27.1. The van der Waals surface area contributed by atoms with Crippen LogP contribution in [0.3, 0.4) is 0 Å². The molecule has 0 aromatic heterocycles. The fourth-order valence-corrected chi connectivity index (χ4v) is 3.90. The van der Waals surface area contributed by atoms with Gasteiger partial charge >= 0.3 is 11.9 Å². The van der Waals surface area contributed by atoms with Crippen molar-refractivity contribution >= 4 is 35.1 Å². The maximum absolute atomic E-state index is 12.6. The van der Waals surface area contributed by atoms with Crippen molar-refractivity contribution in [3.05, 3.63) is 78.4 Å². The summed E-state index contributed by atoms with van der Waals surface area (Å²) in [4.78, 5) is 50.3. The Morgan fingerprint density at radius 3 is 2.26 bits per heavy atom. The second-order valence-electron chi connectivity index (χ2n) is 8.38. The van der Waals surface area contributed by atoms with Crippen molar-refractivity contribution in [2.45, 2.75) is 6.42 Å². The molecule has 1 atom stereocenters. The first-order valence-corrected chi connectivity index (χ1v) is 11.7. The monoisotopic (exact) mass is 518 g/mol. The quantitative estimate of drug-likeness (QED) is 0.425. The Kier molecular flexibility index (Phi) is 8.22. The van der Waals surface area contributed by atoms with Gasteiger partial charge in [-0.3, -0.25) is 14.4 Å². The van der Waals surface area contributed by atoms with E-state index in [0.717, 1.165) is 0 Å². The van der Waals surface area contributed by atoms with E-state index in [0.29, 0.717) is 34.2 Å². The van der Waals surface area contributed by atoms with E-state index in [1.165, 1.54) is 36.3 Å². The fraction of sp³-hybridized carbons (Fsp3) is 0.214. The van der Waals surface area contributed by atoms with E-state index in [9.17, 15) is 19.2 Å². The number of carbonyl (C=O) groups is 4. The van der Waals surface area contributed by atoms with Gasteiger partial charge in [0.2, 0.25) is 5.91 Å². The topological polar surface area (TPSA) is 120 Å². The number of benzene rings is 3. The normalized spacial score (nSPS) is 14.5. The third kappa shape index (κ3) is 6.28. The minimum absolute atomic E-state index is 0.0189. The van der Waals surface area contributed by atoms with Crippen LogP contribution in [0.1, 0.15) is 16.8 Å². The number of hydrogen-bond acceptors (Lipinski definition) is 8. The summed E-state index contributed by atoms with van der Waals surface area (Å²) in [6.45, 7) is -0.363. The molecular formula is C28H26N2O8. The van der Waals surface area contributed by atoms with E-state index in [2.05, 4.69) is 10.1 Å². The van der Waals surface area contributed by atoms with Crippen LogP contribution in [0.15, 0.2) is 72.8 Å². The van der Waals surface area contributed by atoms with Crippen molar-refractivity contribution in [1.82, 2.24) is 0 Å². The molecule has 0 bridgehead atoms. The lowest BCUT2D eigenvalue weighted by Crippen LogP contribution is -2.28. The number of nitrogens with zero attached hydrogens (tertiary/aromatic N) is 1. The predicted octanol–water partition coefficient (Wildman–Crippen LogP) is 3.81. The molecule has 1 aliphatic rings. The third-order valence-corrected chi connectivity index (χ3v) is 5.84. The van der Waals surface area contributed by atoms with Gasteiger partial charge in [0.1, 0.15) is 5.75 Å². The molecule has 0 saturated carbocycles. The fourth-order valence-electron chi connectivity index (χ4n) is 3.90. The van der Waals surface area contributed by atoms with Crippen molar-refractivity contribution in [1.29, 1.82) is 0 Å². The summed E-state index contributed by atoms with van der Waals surface area (Å²) >= 11 is 0. The number of nitrogens with one attached hydrogen (secondary N) is 1. The Labute approximate surface area is 219 Å². The number of rotatable bonds is 9. The van der Waals surface area contributed by atoms with Crippen molar-refractivity contribution < 1.29 is 38.1 Å². The largest absolute Gasteiger partial charge is 0.493 e. The van der Waals surface area contributed by atoms with Crippen molar-refractivity contribution in [3.8, 4) is 17.2 Å². The molecule has 1 heterocycles. The summed E-state index contributed by atoms with van der Waals surface area (Å²) in [7, 11) is 2.84. The second kappa shape index (κ2) is 11.9. The lowest BCUT2D eigenvalue weighted by molar-refractivity contribution is -0.151. The Morgan fingerprint density at radius 1 is 0.921 bits per heavy atom. The Bertz CT molecular complexity index is 1320. The molecule has 1 fully saturated rings. The Balaban J connectivity index is 1.28. The minimum Gasteiger partial charge on any atom is -0.493 e. The van der Waals surface area contributed by atoms with Gasteiger partial charge < -0.3 is 29.2 Å². The number of hydrogen-bond donors (Lipinski definition) is 1. The van der Waals surface area contributed by atoms with Crippen LogP contribution in [0.5, 0.6) is 17.2 Å². The number of amides is 2. The molecule has 38 heavy (non-hydrogen) atoms. The smallest absolute Gasteiger partial charge is 0.337 e. The van der Waals surface area contributed by atoms with Crippen LogP contribution in [0.2, 0.25) is 0 Å². The van der Waals surface area contributed by atoms with E-state index in [-0.39, 0.29) is 18.9 Å². The molecule has 2 amide bonds. The van der Waals surface area contributed by atoms with Crippen LogP contribution in [0.4, 0.5) is 11.4 Å². The first-order chi connectivity index (χ1) is 18.4. The van der Waals surface area contributed by atoms with Crippen LogP contribution < -0.4 is 19.7 Å². The molecule has 0 unspecified atom stereocenters. The van der Waals surface area contributed by atoms with Gasteiger partial charge in [-0.05, 0) is 60.7 Å². The van der Waals surface area contributed by atoms with Gasteiger partial charge in [0.15, 0.2) is 18.1 Å². The van der Waals surface area contributed by atoms with Crippen LogP contribution in [0, 0.1) is 5.92 Å². The van der Waals surface area contributed by atoms with Crippen LogP contribution >= 0.6 is 0 Å². The summed E-state index contributed by atoms with van der Waals surface area (Å²) in [5.41, 5.74) is 1.39. The third-order valence-electron chi connectivity index (χ3n) is 5.84. The van der Waals surface area contributed by atoms with Crippen molar-refractivity contribution in [3.63, 3.8) is 0 Å². The van der Waals surface area contributed by atoms with Gasteiger partial charge in [-0.1, -0.05) is 12.1 Å². The molecule has 1 aliphatic heterocycles. The number of carbonyl (C=O) groups excluding carboxylic acids is 4. The van der Waals surface area contributed by atoms with Gasteiger partial charge in [0.25, 0.3) is 5.91 Å². The highest BCUT2D eigenvalue weighted by Gasteiger charge is 2.36. The van der Waals surface area contributed by atoms with Gasteiger partial charge in [0, 0.05) is 24.3 Å². The highest BCUT2D eigenvalue weighted by Crippen LogP contribution is 2.33. The summed E-state index contributed by atoms with van der Waals surface area (Å²) in [5.74, 6) is -0.868. The molecule has 196 valence electrons. The predicted molar refractivity (Wildman–Crippen MR) is 137 cm³/mol. The van der Waals surface area contributed by atoms with E-state index in [1.54, 1.807) is 43.5 Å². The zero-order valence-electron chi connectivity index (χ0n) is 20.8. The van der Waals surface area contributed by atoms with Crippen LogP contribution in [-0.2, 0) is 23.9 Å². The summed E-state index contributed by atoms with van der Waals surface area (Å²) < 4.78 is 20.9. The first-order valence-electron chi connectivity index (χ1n) is 11.7. The number of esters is 2. The lowest BCUT2D eigenvalue weighted by atomic mass is 10.1. The Hall–Kier alpha value is -4.86. The maximum atomic E-state index is 12.6. The van der Waals surface area contributed by atoms with E-state index in [4.69, 9.17) is 14.2 Å². The van der Waals surface area contributed by atoms with Crippen LogP contribution in [-0.4, -0.2) is 51.1 Å². The van der Waals surface area contributed by atoms with E-state index >= 15 is 0 Å². The van der Waals surface area contributed by atoms with Crippen LogP contribution in [0.25, 0.3) is 0 Å². The van der Waals surface area contributed by atoms with E-state index < -0.39 is 30.4 Å². The zero-order valence-corrected chi connectivity index (χ0v) is 20.8. The maximum Gasteiger partial charge on any atom is 0.337 e. The summed E-state index contributed by atoms with van der Waals surface area (Å²) in [6, 6.07) is 20.2. The second-order valence-corrected chi connectivity index (χ2v) is 8.38. The molecule has 10 nitrogen and oxygen atoms in total. The molecular weight excluding hydrogens is 492 g/mol. The average molecular weight is 519 g/mol. The SMILES string of the molecule is COC(=O)c1ccc(NC(=O)COC(=O)[C@H]2CC(=O)N(c3ccc(Oc4ccccc4OC)cc3)C2)cc1. The molecule has 0 radical (unpaired) electrons. The number of ether oxygens (including phenoxy) is 4. The summed E-state index contributed by atoms with van der Waals surface area (Å²) in [6.07, 6.45) is -0.0189. The lowest BCUT2D eigenvalue weighted by Gasteiger charge is -2.17. The van der Waals surface area contributed by atoms with E-state index in [1.807, 2.05) is 12.1 Å². The number of anilines is 2. The van der Waals surface area contributed by atoms with Gasteiger partial charge in [-0.2, -0.15) is 0 Å². The van der Waals surface area contributed by atoms with Gasteiger partial charge in [-0.15, -0.1) is 0 Å². The van der Waals surface area contributed by atoms with Gasteiger partial charge in [-0.25, -0.2) is 4.79 Å². The molecule has 0 aliphatic carbocycles. The molecule has 10 heteroatoms. The van der Waals surface area contributed by atoms with Gasteiger partial charge in [0.05, 0.1) is 25.7 Å².